The van der Waals surface area contributed by atoms with E-state index in [1.54, 1.807) is 29.0 Å². The molecule has 30 heavy (non-hydrogen) atoms. The number of imidazole rings is 1. The third-order valence-electron chi connectivity index (χ3n) is 5.02. The van der Waals surface area contributed by atoms with Gasteiger partial charge < -0.3 is 9.30 Å². The first-order valence-corrected chi connectivity index (χ1v) is 9.80. The van der Waals surface area contributed by atoms with Crippen molar-refractivity contribution in [1.29, 1.82) is 0 Å². The summed E-state index contributed by atoms with van der Waals surface area (Å²) in [6, 6.07) is 15.1. The molecule has 0 N–H and O–H groups in total. The van der Waals surface area contributed by atoms with Gasteiger partial charge in [0.1, 0.15) is 24.0 Å². The van der Waals surface area contributed by atoms with Crippen LogP contribution in [0, 0.1) is 5.82 Å². The maximum absolute atomic E-state index is 13.0. The van der Waals surface area contributed by atoms with Crippen LogP contribution < -0.4 is 10.3 Å². The van der Waals surface area contributed by atoms with E-state index in [1.807, 2.05) is 25.2 Å². The molecule has 0 aliphatic carbocycles. The fraction of sp³-hybridized carbons (Fsp3) is 0.250. The number of aryl methyl sites for hydroxylation is 1. The average Bonchev–Trinajstić information content (AvgIpc) is 3.04. The first-order valence-electron chi connectivity index (χ1n) is 9.80. The summed E-state index contributed by atoms with van der Waals surface area (Å²) >= 11 is 0. The molecular formula is C24H24FN3O2. The normalized spacial score (nSPS) is 11.8. The molecule has 0 spiro atoms. The Kier molecular flexibility index (Phi) is 4.94. The number of nitrogens with zero attached hydrogens (tertiary/aromatic N) is 3. The van der Waals surface area contributed by atoms with Crippen molar-refractivity contribution < 1.29 is 9.13 Å². The van der Waals surface area contributed by atoms with Crippen molar-refractivity contribution in [3.8, 4) is 11.4 Å². The minimum atomic E-state index is -0.290. The van der Waals surface area contributed by atoms with Gasteiger partial charge in [-0.25, -0.2) is 9.37 Å². The first kappa shape index (κ1) is 19.9. The Labute approximate surface area is 174 Å². The van der Waals surface area contributed by atoms with E-state index in [9.17, 15) is 9.18 Å². The van der Waals surface area contributed by atoms with Crippen LogP contribution in [0.4, 0.5) is 4.39 Å². The Morgan fingerprint density at radius 2 is 1.77 bits per heavy atom. The zero-order chi connectivity index (χ0) is 21.5. The number of halogens is 1. The number of hydrogen-bond acceptors (Lipinski definition) is 3. The molecule has 0 saturated heterocycles. The highest BCUT2D eigenvalue weighted by molar-refractivity contribution is 5.78. The molecule has 2 heterocycles. The monoisotopic (exact) mass is 405 g/mol. The lowest BCUT2D eigenvalue weighted by molar-refractivity contribution is 0.305. The number of fused-ring (bicyclic) bond motifs is 1. The van der Waals surface area contributed by atoms with Crippen LogP contribution in [0.15, 0.2) is 65.6 Å². The number of hydrogen-bond donors (Lipinski definition) is 0. The van der Waals surface area contributed by atoms with Gasteiger partial charge in [0.25, 0.3) is 5.56 Å². The van der Waals surface area contributed by atoms with Crippen molar-refractivity contribution in [3.63, 3.8) is 0 Å². The topological polar surface area (TPSA) is 49.0 Å². The molecule has 0 radical (unpaired) electrons. The molecule has 5 nitrogen and oxygen atoms in total. The standard InChI is InChI=1S/C24H24FN3O2/c1-24(2,3)23-26-20-10-9-18(13-21(20)27(23)4)28-12-11-19(14-22(28)29)30-15-16-5-7-17(25)8-6-16/h5-14H,15H2,1-4H3. The van der Waals surface area contributed by atoms with Crippen LogP contribution in [0.25, 0.3) is 16.7 Å². The van der Waals surface area contributed by atoms with Gasteiger partial charge in [-0.05, 0) is 42.0 Å². The van der Waals surface area contributed by atoms with Crippen LogP contribution in [0.1, 0.15) is 32.2 Å². The van der Waals surface area contributed by atoms with Crippen molar-refractivity contribution in [3.05, 3.63) is 88.4 Å². The summed E-state index contributed by atoms with van der Waals surface area (Å²) in [5.41, 5.74) is 3.20. The molecule has 0 aliphatic heterocycles. The van der Waals surface area contributed by atoms with Crippen molar-refractivity contribution in [2.24, 2.45) is 7.05 Å². The maximum atomic E-state index is 13.0. The first-order chi connectivity index (χ1) is 14.2. The fourth-order valence-electron chi connectivity index (χ4n) is 3.51. The highest BCUT2D eigenvalue weighted by Crippen LogP contribution is 2.26. The van der Waals surface area contributed by atoms with Crippen molar-refractivity contribution >= 4 is 11.0 Å². The molecule has 0 atom stereocenters. The summed E-state index contributed by atoms with van der Waals surface area (Å²) in [5, 5.41) is 0. The summed E-state index contributed by atoms with van der Waals surface area (Å²) < 4.78 is 22.3. The van der Waals surface area contributed by atoms with Crippen molar-refractivity contribution in [1.82, 2.24) is 14.1 Å². The second-order valence-electron chi connectivity index (χ2n) is 8.40. The van der Waals surface area contributed by atoms with Gasteiger partial charge in [0.2, 0.25) is 0 Å². The summed E-state index contributed by atoms with van der Waals surface area (Å²) in [7, 11) is 1.99. The van der Waals surface area contributed by atoms with Gasteiger partial charge in [-0.3, -0.25) is 9.36 Å². The van der Waals surface area contributed by atoms with Gasteiger partial charge in [0, 0.05) is 24.7 Å². The van der Waals surface area contributed by atoms with Crippen LogP contribution in [0.2, 0.25) is 0 Å². The molecule has 2 aromatic heterocycles. The third kappa shape index (κ3) is 3.85. The molecule has 4 aromatic rings. The summed E-state index contributed by atoms with van der Waals surface area (Å²) in [6.07, 6.45) is 1.70. The maximum Gasteiger partial charge on any atom is 0.258 e. The van der Waals surface area contributed by atoms with Crippen molar-refractivity contribution in [2.45, 2.75) is 32.8 Å². The lowest BCUT2D eigenvalue weighted by Gasteiger charge is -2.17. The van der Waals surface area contributed by atoms with E-state index >= 15 is 0 Å². The van der Waals surface area contributed by atoms with E-state index in [4.69, 9.17) is 9.72 Å². The molecule has 6 heteroatoms. The Morgan fingerprint density at radius 3 is 2.43 bits per heavy atom. The van der Waals surface area contributed by atoms with E-state index in [0.29, 0.717) is 5.75 Å². The van der Waals surface area contributed by atoms with Gasteiger partial charge >= 0.3 is 0 Å². The van der Waals surface area contributed by atoms with Gasteiger partial charge in [-0.1, -0.05) is 32.9 Å². The van der Waals surface area contributed by atoms with Gasteiger partial charge in [0.15, 0.2) is 0 Å². The highest BCUT2D eigenvalue weighted by Gasteiger charge is 2.21. The quantitative estimate of drug-likeness (QED) is 0.493. The second kappa shape index (κ2) is 7.44. The Morgan fingerprint density at radius 1 is 1.03 bits per heavy atom. The molecule has 0 bridgehead atoms. The molecule has 0 saturated carbocycles. The predicted octanol–water partition coefficient (Wildman–Crippen LogP) is 4.74. The zero-order valence-corrected chi connectivity index (χ0v) is 17.5. The smallest absolute Gasteiger partial charge is 0.258 e. The predicted molar refractivity (Wildman–Crippen MR) is 116 cm³/mol. The fourth-order valence-corrected chi connectivity index (χ4v) is 3.51. The number of rotatable bonds is 4. The Bertz CT molecular complexity index is 1260. The second-order valence-corrected chi connectivity index (χ2v) is 8.40. The number of aromatic nitrogens is 3. The minimum Gasteiger partial charge on any atom is -0.489 e. The van der Waals surface area contributed by atoms with E-state index in [0.717, 1.165) is 28.1 Å². The number of ether oxygens (including phenoxy) is 1. The van der Waals surface area contributed by atoms with Gasteiger partial charge in [0.05, 0.1) is 16.7 Å². The summed E-state index contributed by atoms with van der Waals surface area (Å²) in [6.45, 7) is 6.65. The largest absolute Gasteiger partial charge is 0.489 e. The third-order valence-corrected chi connectivity index (χ3v) is 5.02. The van der Waals surface area contributed by atoms with Crippen LogP contribution in [-0.2, 0) is 19.1 Å². The van der Waals surface area contributed by atoms with Crippen LogP contribution in [-0.4, -0.2) is 14.1 Å². The van der Waals surface area contributed by atoms with Crippen LogP contribution in [0.5, 0.6) is 5.75 Å². The van der Waals surface area contributed by atoms with E-state index in [1.165, 1.54) is 18.2 Å². The van der Waals surface area contributed by atoms with Gasteiger partial charge in [-0.2, -0.15) is 0 Å². The van der Waals surface area contributed by atoms with E-state index in [-0.39, 0.29) is 23.4 Å². The van der Waals surface area contributed by atoms with Crippen molar-refractivity contribution in [2.75, 3.05) is 0 Å². The molecule has 0 amide bonds. The molecule has 2 aromatic carbocycles. The zero-order valence-electron chi connectivity index (χ0n) is 17.5. The highest BCUT2D eigenvalue weighted by atomic mass is 19.1. The average molecular weight is 405 g/mol. The van der Waals surface area contributed by atoms with E-state index in [2.05, 4.69) is 25.3 Å². The minimum absolute atomic E-state index is 0.0751. The molecule has 4 rings (SSSR count). The summed E-state index contributed by atoms with van der Waals surface area (Å²) in [5.74, 6) is 1.17. The lowest BCUT2D eigenvalue weighted by atomic mass is 9.96. The molecular weight excluding hydrogens is 381 g/mol. The SMILES string of the molecule is Cn1c(C(C)(C)C)nc2ccc(-n3ccc(OCc4ccc(F)cc4)cc3=O)cc21. The Hall–Kier alpha value is -3.41. The molecule has 0 fully saturated rings. The van der Waals surface area contributed by atoms with Gasteiger partial charge in [-0.15, -0.1) is 0 Å². The molecule has 0 aliphatic rings. The van der Waals surface area contributed by atoms with Crippen LogP contribution >= 0.6 is 0 Å². The molecule has 0 unspecified atom stereocenters. The van der Waals surface area contributed by atoms with E-state index < -0.39 is 0 Å². The summed E-state index contributed by atoms with van der Waals surface area (Å²) in [4.78, 5) is 17.4. The lowest BCUT2D eigenvalue weighted by Crippen LogP contribution is -2.17. The van der Waals surface area contributed by atoms with Crippen LogP contribution in [0.3, 0.4) is 0 Å². The Balaban J connectivity index is 1.61. The molecule has 154 valence electrons. The number of benzene rings is 2. The number of pyridine rings is 1.